The minimum atomic E-state index is -3.65. The summed E-state index contributed by atoms with van der Waals surface area (Å²) in [6, 6.07) is 6.55. The number of aryl methyl sites for hydroxylation is 1. The minimum absolute atomic E-state index is 0.118. The van der Waals surface area contributed by atoms with Gasteiger partial charge in [-0.05, 0) is 24.1 Å². The Morgan fingerprint density at radius 3 is 2.54 bits per heavy atom. The Bertz CT molecular complexity index is 829. The Morgan fingerprint density at radius 1 is 1.23 bits per heavy atom. The number of aliphatic imine (C=N–C) groups is 1. The van der Waals surface area contributed by atoms with Crippen LogP contribution in [0.15, 0.2) is 40.5 Å². The molecule has 0 radical (unpaired) electrons. The number of guanidine groups is 1. The second-order valence-corrected chi connectivity index (χ2v) is 7.22. The largest absolute Gasteiger partial charge is 0.356 e. The third kappa shape index (κ3) is 5.81. The molecule has 0 unspecified atom stereocenters. The molecule has 0 bridgehead atoms. The third-order valence-corrected chi connectivity index (χ3v) is 4.77. The Balaban J connectivity index is 1.75. The number of nitrogens with one attached hydrogen (secondary N) is 2. The summed E-state index contributed by atoms with van der Waals surface area (Å²) in [4.78, 5) is 4.30. The number of primary sulfonamides is 1. The van der Waals surface area contributed by atoms with Gasteiger partial charge in [0.05, 0.1) is 4.90 Å². The Labute approximate surface area is 153 Å². The lowest BCUT2D eigenvalue weighted by Crippen LogP contribution is -2.39. The number of aromatic nitrogens is 3. The van der Waals surface area contributed by atoms with Gasteiger partial charge in [-0.25, -0.2) is 13.6 Å². The van der Waals surface area contributed by atoms with Crippen LogP contribution in [0.4, 0.5) is 0 Å². The van der Waals surface area contributed by atoms with Crippen molar-refractivity contribution in [1.82, 2.24) is 25.4 Å². The van der Waals surface area contributed by atoms with Crippen molar-refractivity contribution < 1.29 is 8.42 Å². The molecular formula is C16H25N7O2S. The SMILES string of the molecule is CCc1nncn1CCNC(=NC)NCCc1ccc(S(N)(=O)=O)cc1. The van der Waals surface area contributed by atoms with Gasteiger partial charge < -0.3 is 15.2 Å². The van der Waals surface area contributed by atoms with E-state index in [-0.39, 0.29) is 4.90 Å². The molecule has 1 heterocycles. The van der Waals surface area contributed by atoms with Gasteiger partial charge in [-0.2, -0.15) is 0 Å². The average Bonchev–Trinajstić information content (AvgIpc) is 3.07. The smallest absolute Gasteiger partial charge is 0.238 e. The number of benzene rings is 1. The Hall–Kier alpha value is -2.46. The quantitative estimate of drug-likeness (QED) is 0.434. The molecule has 10 heteroatoms. The van der Waals surface area contributed by atoms with E-state index in [0.29, 0.717) is 19.0 Å². The van der Waals surface area contributed by atoms with Gasteiger partial charge in [0.1, 0.15) is 12.2 Å². The second-order valence-electron chi connectivity index (χ2n) is 5.66. The molecule has 142 valence electrons. The van der Waals surface area contributed by atoms with Gasteiger partial charge in [-0.3, -0.25) is 4.99 Å². The molecule has 1 aromatic carbocycles. The zero-order valence-corrected chi connectivity index (χ0v) is 15.8. The van der Waals surface area contributed by atoms with E-state index in [2.05, 4.69) is 25.8 Å². The van der Waals surface area contributed by atoms with Crippen molar-refractivity contribution in [3.63, 3.8) is 0 Å². The highest BCUT2D eigenvalue weighted by molar-refractivity contribution is 7.89. The van der Waals surface area contributed by atoms with Crippen LogP contribution in [0.3, 0.4) is 0 Å². The van der Waals surface area contributed by atoms with E-state index in [9.17, 15) is 8.42 Å². The first-order chi connectivity index (χ1) is 12.4. The molecular weight excluding hydrogens is 354 g/mol. The summed E-state index contributed by atoms with van der Waals surface area (Å²) in [5.41, 5.74) is 1.01. The van der Waals surface area contributed by atoms with E-state index in [1.165, 1.54) is 12.1 Å². The molecule has 0 saturated heterocycles. The number of rotatable bonds is 8. The Morgan fingerprint density at radius 2 is 1.92 bits per heavy atom. The van der Waals surface area contributed by atoms with Crippen molar-refractivity contribution in [2.24, 2.45) is 10.1 Å². The number of sulfonamides is 1. The second kappa shape index (κ2) is 9.30. The van der Waals surface area contributed by atoms with E-state index in [0.717, 1.165) is 30.8 Å². The lowest BCUT2D eigenvalue weighted by atomic mass is 10.1. The molecule has 4 N–H and O–H groups in total. The van der Waals surface area contributed by atoms with Crippen molar-refractivity contribution in [2.45, 2.75) is 31.2 Å². The molecule has 2 aromatic rings. The third-order valence-electron chi connectivity index (χ3n) is 3.84. The zero-order valence-electron chi connectivity index (χ0n) is 15.0. The summed E-state index contributed by atoms with van der Waals surface area (Å²) in [5, 5.41) is 19.5. The van der Waals surface area contributed by atoms with E-state index >= 15 is 0 Å². The molecule has 0 aliphatic rings. The van der Waals surface area contributed by atoms with Gasteiger partial charge in [-0.1, -0.05) is 19.1 Å². The van der Waals surface area contributed by atoms with Crippen molar-refractivity contribution >= 4 is 16.0 Å². The van der Waals surface area contributed by atoms with E-state index in [1.54, 1.807) is 25.5 Å². The van der Waals surface area contributed by atoms with Gasteiger partial charge in [0, 0.05) is 33.1 Å². The van der Waals surface area contributed by atoms with Crippen LogP contribution in [0, 0.1) is 0 Å². The molecule has 26 heavy (non-hydrogen) atoms. The van der Waals surface area contributed by atoms with Crippen LogP contribution in [-0.4, -0.2) is 49.3 Å². The van der Waals surface area contributed by atoms with Crippen molar-refractivity contribution in [1.29, 1.82) is 0 Å². The normalized spacial score (nSPS) is 12.2. The van der Waals surface area contributed by atoms with Gasteiger partial charge in [-0.15, -0.1) is 10.2 Å². The summed E-state index contributed by atoms with van der Waals surface area (Å²) in [6.07, 6.45) is 3.30. The molecule has 0 aliphatic heterocycles. The zero-order chi connectivity index (χ0) is 19.0. The van der Waals surface area contributed by atoms with Crippen LogP contribution in [0.1, 0.15) is 18.3 Å². The Kier molecular flexibility index (Phi) is 7.10. The highest BCUT2D eigenvalue weighted by Crippen LogP contribution is 2.08. The average molecular weight is 379 g/mol. The fourth-order valence-electron chi connectivity index (χ4n) is 2.43. The topological polar surface area (TPSA) is 127 Å². The predicted molar refractivity (Wildman–Crippen MR) is 100 cm³/mol. The molecule has 0 atom stereocenters. The molecule has 0 amide bonds. The minimum Gasteiger partial charge on any atom is -0.356 e. The fraction of sp³-hybridized carbons (Fsp3) is 0.438. The van der Waals surface area contributed by atoms with Gasteiger partial charge >= 0.3 is 0 Å². The van der Waals surface area contributed by atoms with Crippen LogP contribution >= 0.6 is 0 Å². The molecule has 0 fully saturated rings. The number of hydrogen-bond acceptors (Lipinski definition) is 5. The molecule has 1 aromatic heterocycles. The maximum absolute atomic E-state index is 11.2. The number of nitrogens with two attached hydrogens (primary N) is 1. The first kappa shape index (κ1) is 19.9. The molecule has 2 rings (SSSR count). The van der Waals surface area contributed by atoms with Crippen LogP contribution < -0.4 is 15.8 Å². The van der Waals surface area contributed by atoms with Gasteiger partial charge in [0.25, 0.3) is 0 Å². The molecule has 0 spiro atoms. The number of hydrogen-bond donors (Lipinski definition) is 3. The summed E-state index contributed by atoms with van der Waals surface area (Å²) in [6.45, 7) is 4.17. The van der Waals surface area contributed by atoms with Crippen molar-refractivity contribution in [2.75, 3.05) is 20.1 Å². The highest BCUT2D eigenvalue weighted by atomic mass is 32.2. The molecule has 0 saturated carbocycles. The van der Waals surface area contributed by atoms with Crippen LogP contribution in [-0.2, 0) is 29.4 Å². The van der Waals surface area contributed by atoms with Gasteiger partial charge in [0.2, 0.25) is 10.0 Å². The van der Waals surface area contributed by atoms with E-state index in [1.807, 2.05) is 11.5 Å². The molecule has 0 aliphatic carbocycles. The van der Waals surface area contributed by atoms with Crippen LogP contribution in [0.5, 0.6) is 0 Å². The van der Waals surface area contributed by atoms with Crippen LogP contribution in [0.2, 0.25) is 0 Å². The standard InChI is InChI=1S/C16H25N7O2S/c1-3-15-22-21-12-23(15)11-10-20-16(18-2)19-9-8-13-4-6-14(7-5-13)26(17,24)25/h4-7,12H,3,8-11H2,1-2H3,(H2,17,24,25)(H2,18,19,20). The fourth-order valence-corrected chi connectivity index (χ4v) is 2.94. The summed E-state index contributed by atoms with van der Waals surface area (Å²) < 4.78 is 24.5. The lowest BCUT2D eigenvalue weighted by Gasteiger charge is -2.12. The monoisotopic (exact) mass is 379 g/mol. The lowest BCUT2D eigenvalue weighted by molar-refractivity contribution is 0.598. The maximum atomic E-state index is 11.2. The maximum Gasteiger partial charge on any atom is 0.238 e. The van der Waals surface area contributed by atoms with Crippen molar-refractivity contribution in [3.05, 3.63) is 42.0 Å². The van der Waals surface area contributed by atoms with Gasteiger partial charge in [0.15, 0.2) is 5.96 Å². The van der Waals surface area contributed by atoms with Crippen LogP contribution in [0.25, 0.3) is 0 Å². The number of nitrogens with zero attached hydrogens (tertiary/aromatic N) is 4. The predicted octanol–water partition coefficient (Wildman–Crippen LogP) is -0.104. The van der Waals surface area contributed by atoms with E-state index in [4.69, 9.17) is 5.14 Å². The summed E-state index contributed by atoms with van der Waals surface area (Å²) >= 11 is 0. The molecule has 9 nitrogen and oxygen atoms in total. The summed E-state index contributed by atoms with van der Waals surface area (Å²) in [5.74, 6) is 1.66. The van der Waals surface area contributed by atoms with Crippen molar-refractivity contribution in [3.8, 4) is 0 Å². The first-order valence-corrected chi connectivity index (χ1v) is 9.91. The summed E-state index contributed by atoms with van der Waals surface area (Å²) in [7, 11) is -1.93. The van der Waals surface area contributed by atoms with E-state index < -0.39 is 10.0 Å². The highest BCUT2D eigenvalue weighted by Gasteiger charge is 2.07. The first-order valence-electron chi connectivity index (χ1n) is 8.37.